The third-order valence-electron chi connectivity index (χ3n) is 10.7. The van der Waals surface area contributed by atoms with Gasteiger partial charge < -0.3 is 4.42 Å². The number of aromatic nitrogens is 2. The van der Waals surface area contributed by atoms with Crippen molar-refractivity contribution in [3.8, 4) is 56.2 Å². The average Bonchev–Trinajstić information content (AvgIpc) is 3.69. The molecule has 53 heavy (non-hydrogen) atoms. The number of benzene rings is 6. The number of fused-ring (bicyclic) bond motifs is 4. The van der Waals surface area contributed by atoms with Crippen LogP contribution >= 0.6 is 0 Å². The second-order valence-electron chi connectivity index (χ2n) is 14.2. The molecule has 0 fully saturated rings. The first kappa shape index (κ1) is 32.3. The predicted octanol–water partition coefficient (Wildman–Crippen LogP) is 13.5. The molecule has 0 amide bonds. The zero-order valence-corrected chi connectivity index (χ0v) is 30.1. The van der Waals surface area contributed by atoms with Gasteiger partial charge in [-0.05, 0) is 64.1 Å². The maximum atomic E-state index is 6.34. The first-order chi connectivity index (χ1) is 25.9. The molecule has 0 atom stereocenters. The second-order valence-corrected chi connectivity index (χ2v) is 14.2. The number of hydrogen-bond acceptors (Lipinski definition) is 3. The molecule has 0 N–H and O–H groups in total. The Bertz CT molecular complexity index is 2750. The molecule has 0 unspecified atom stereocenters. The summed E-state index contributed by atoms with van der Waals surface area (Å²) in [6.07, 6.45) is 6.34. The smallest absolute Gasteiger partial charge is 0.160 e. The largest absolute Gasteiger partial charge is 0.455 e. The van der Waals surface area contributed by atoms with E-state index in [1.54, 1.807) is 0 Å². The first-order valence-corrected chi connectivity index (χ1v) is 18.1. The van der Waals surface area contributed by atoms with E-state index in [-0.39, 0.29) is 5.41 Å². The number of nitrogens with zero attached hydrogens (tertiary/aromatic N) is 2. The predicted molar refractivity (Wildman–Crippen MR) is 221 cm³/mol. The fourth-order valence-corrected chi connectivity index (χ4v) is 7.88. The van der Waals surface area contributed by atoms with Gasteiger partial charge in [-0.2, -0.15) is 0 Å². The normalized spacial score (nSPS) is 13.6. The van der Waals surface area contributed by atoms with Crippen LogP contribution in [0.25, 0.3) is 83.7 Å². The molecular weight excluding hydrogens is 645 g/mol. The van der Waals surface area contributed by atoms with E-state index < -0.39 is 0 Å². The van der Waals surface area contributed by atoms with Crippen molar-refractivity contribution in [2.75, 3.05) is 0 Å². The molecule has 2 aromatic heterocycles. The van der Waals surface area contributed by atoms with Crippen LogP contribution in [0.4, 0.5) is 0 Å². The quantitative estimate of drug-likeness (QED) is 0.168. The third kappa shape index (κ3) is 5.53. The van der Waals surface area contributed by atoms with Crippen LogP contribution < -0.4 is 0 Å². The number of para-hydroxylation sites is 2. The van der Waals surface area contributed by atoms with E-state index in [2.05, 4.69) is 155 Å². The van der Waals surface area contributed by atoms with Gasteiger partial charge in [0.2, 0.25) is 0 Å². The standard InChI is InChI=1S/C50H38N2O/c1-5-13-43-38(6-2)40-29-28-37(30-44(40)50(43,3)4)32-20-24-34(25-21-32)45-31-46(52-49(51-45)36-14-8-7-9-15-36)35-26-22-33(23-27-35)39-17-12-18-42-41-16-10-11-19-47(41)53-48(39)42/h5-31H,2H2,1,3-4H3/b13-5-. The molecule has 3 heteroatoms. The molecule has 254 valence electrons. The van der Waals surface area contributed by atoms with Crippen LogP contribution in [-0.4, -0.2) is 9.97 Å². The maximum absolute atomic E-state index is 6.34. The molecule has 0 aliphatic heterocycles. The van der Waals surface area contributed by atoms with Crippen LogP contribution in [0.1, 0.15) is 31.9 Å². The van der Waals surface area contributed by atoms with Crippen molar-refractivity contribution >= 4 is 27.5 Å². The minimum atomic E-state index is -0.106. The van der Waals surface area contributed by atoms with Crippen molar-refractivity contribution in [2.45, 2.75) is 26.2 Å². The summed E-state index contributed by atoms with van der Waals surface area (Å²) in [5.41, 5.74) is 16.1. The van der Waals surface area contributed by atoms with Crippen LogP contribution in [0.5, 0.6) is 0 Å². The number of furan rings is 1. The van der Waals surface area contributed by atoms with Gasteiger partial charge in [0.15, 0.2) is 5.82 Å². The molecule has 1 aliphatic carbocycles. The van der Waals surface area contributed by atoms with Gasteiger partial charge in [-0.1, -0.05) is 166 Å². The summed E-state index contributed by atoms with van der Waals surface area (Å²) in [6.45, 7) is 10.8. The summed E-state index contributed by atoms with van der Waals surface area (Å²) < 4.78 is 6.34. The molecular formula is C50H38N2O. The fraction of sp³-hybridized carbons (Fsp3) is 0.0800. The van der Waals surface area contributed by atoms with Crippen LogP contribution in [0.3, 0.4) is 0 Å². The minimum absolute atomic E-state index is 0.106. The van der Waals surface area contributed by atoms with Crippen LogP contribution in [-0.2, 0) is 5.41 Å². The van der Waals surface area contributed by atoms with Crippen molar-refractivity contribution in [2.24, 2.45) is 0 Å². The molecule has 0 bridgehead atoms. The fourth-order valence-electron chi connectivity index (χ4n) is 7.88. The lowest BCUT2D eigenvalue weighted by atomic mass is 9.80. The molecule has 6 aromatic carbocycles. The SMILES string of the molecule is C=CC1=C(/C=C\C)C(C)(C)c2cc(-c3ccc(-c4cc(-c5ccc(-c6cccc7c6oc6ccccc67)cc5)nc(-c5ccccc5)n4)cc3)ccc21. The van der Waals surface area contributed by atoms with Crippen LogP contribution in [0.15, 0.2) is 180 Å². The third-order valence-corrected chi connectivity index (χ3v) is 10.7. The number of allylic oxidation sites excluding steroid dienone is 5. The maximum Gasteiger partial charge on any atom is 0.160 e. The first-order valence-electron chi connectivity index (χ1n) is 18.1. The monoisotopic (exact) mass is 682 g/mol. The summed E-state index contributed by atoms with van der Waals surface area (Å²) in [4.78, 5) is 10.2. The van der Waals surface area contributed by atoms with Crippen LogP contribution in [0.2, 0.25) is 0 Å². The zero-order chi connectivity index (χ0) is 36.1. The Morgan fingerprint density at radius 3 is 1.89 bits per heavy atom. The van der Waals surface area contributed by atoms with Gasteiger partial charge in [0.25, 0.3) is 0 Å². The Morgan fingerprint density at radius 1 is 0.566 bits per heavy atom. The van der Waals surface area contributed by atoms with Gasteiger partial charge in [0.1, 0.15) is 11.2 Å². The van der Waals surface area contributed by atoms with Gasteiger partial charge >= 0.3 is 0 Å². The molecule has 8 aromatic rings. The lowest BCUT2D eigenvalue weighted by Crippen LogP contribution is -2.16. The Kier molecular flexibility index (Phi) is 7.86. The van der Waals surface area contributed by atoms with Gasteiger partial charge in [-0.15, -0.1) is 0 Å². The van der Waals surface area contributed by atoms with E-state index in [4.69, 9.17) is 14.4 Å². The summed E-state index contributed by atoms with van der Waals surface area (Å²) in [5.74, 6) is 0.696. The van der Waals surface area contributed by atoms with E-state index in [0.717, 1.165) is 61.1 Å². The van der Waals surface area contributed by atoms with Gasteiger partial charge in [-0.3, -0.25) is 0 Å². The summed E-state index contributed by atoms with van der Waals surface area (Å²) in [5, 5.41) is 2.25. The van der Waals surface area contributed by atoms with E-state index in [0.29, 0.717) is 5.82 Å². The van der Waals surface area contributed by atoms with Gasteiger partial charge in [0.05, 0.1) is 11.4 Å². The Balaban J connectivity index is 1.07. The number of hydrogen-bond donors (Lipinski definition) is 0. The van der Waals surface area contributed by atoms with Gasteiger partial charge in [0, 0.05) is 38.4 Å². The number of rotatable bonds is 7. The highest BCUT2D eigenvalue weighted by Gasteiger charge is 2.35. The summed E-state index contributed by atoms with van der Waals surface area (Å²) in [7, 11) is 0. The Labute approximate surface area is 310 Å². The summed E-state index contributed by atoms with van der Waals surface area (Å²) >= 11 is 0. The lowest BCUT2D eigenvalue weighted by molar-refractivity contribution is 0.654. The van der Waals surface area contributed by atoms with Crippen molar-refractivity contribution in [1.82, 2.24) is 9.97 Å². The average molecular weight is 683 g/mol. The highest BCUT2D eigenvalue weighted by molar-refractivity contribution is 6.09. The van der Waals surface area contributed by atoms with Crippen molar-refractivity contribution < 1.29 is 4.42 Å². The van der Waals surface area contributed by atoms with E-state index >= 15 is 0 Å². The van der Waals surface area contributed by atoms with Gasteiger partial charge in [-0.25, -0.2) is 9.97 Å². The van der Waals surface area contributed by atoms with Crippen molar-refractivity contribution in [3.05, 3.63) is 187 Å². The molecule has 2 heterocycles. The van der Waals surface area contributed by atoms with Crippen LogP contribution in [0, 0.1) is 0 Å². The molecule has 9 rings (SSSR count). The Hall–Kier alpha value is -6.58. The molecule has 0 saturated heterocycles. The van der Waals surface area contributed by atoms with Crippen molar-refractivity contribution in [1.29, 1.82) is 0 Å². The highest BCUT2D eigenvalue weighted by atomic mass is 16.3. The Morgan fingerprint density at radius 2 is 1.19 bits per heavy atom. The molecule has 3 nitrogen and oxygen atoms in total. The molecule has 0 radical (unpaired) electrons. The highest BCUT2D eigenvalue weighted by Crippen LogP contribution is 2.48. The topological polar surface area (TPSA) is 38.9 Å². The van der Waals surface area contributed by atoms with E-state index in [1.807, 2.05) is 36.4 Å². The zero-order valence-electron chi connectivity index (χ0n) is 30.1. The summed E-state index contributed by atoms with van der Waals surface area (Å²) in [6, 6.07) is 51.0. The molecule has 1 aliphatic rings. The van der Waals surface area contributed by atoms with Crippen molar-refractivity contribution in [3.63, 3.8) is 0 Å². The lowest BCUT2D eigenvalue weighted by Gasteiger charge is -2.23. The minimum Gasteiger partial charge on any atom is -0.455 e. The van der Waals surface area contributed by atoms with E-state index in [9.17, 15) is 0 Å². The molecule has 0 spiro atoms. The molecule has 0 saturated carbocycles. The second kappa shape index (κ2) is 12.9. The van der Waals surface area contributed by atoms with E-state index in [1.165, 1.54) is 33.4 Å².